The first kappa shape index (κ1) is 23.7. The number of oxazole rings is 1. The number of nitrogens with zero attached hydrogens (tertiary/aromatic N) is 1. The van der Waals surface area contributed by atoms with E-state index in [1.807, 2.05) is 31.2 Å². The van der Waals surface area contributed by atoms with E-state index in [9.17, 15) is 9.90 Å². The van der Waals surface area contributed by atoms with E-state index in [-0.39, 0.29) is 6.61 Å². The van der Waals surface area contributed by atoms with Crippen molar-refractivity contribution in [3.05, 3.63) is 88.8 Å². The van der Waals surface area contributed by atoms with Crippen molar-refractivity contribution in [2.75, 3.05) is 13.2 Å². The number of rotatable bonds is 11. The van der Waals surface area contributed by atoms with Gasteiger partial charge in [-0.1, -0.05) is 55.5 Å². The van der Waals surface area contributed by atoms with Crippen LogP contribution in [0, 0.1) is 6.92 Å². The SMILES string of the molecule is CCc1oc(-c2ccc3ccccc3c2)nc1COCCCOCc1cccc(C)c1C(=O)O. The fourth-order valence-corrected chi connectivity index (χ4v) is 3.99. The molecule has 3 aromatic carbocycles. The van der Waals surface area contributed by atoms with E-state index in [2.05, 4.69) is 29.2 Å². The Labute approximate surface area is 199 Å². The van der Waals surface area contributed by atoms with Gasteiger partial charge in [-0.05, 0) is 47.4 Å². The number of ether oxygens (including phenoxy) is 2. The second-order valence-corrected chi connectivity index (χ2v) is 8.18. The lowest BCUT2D eigenvalue weighted by Crippen LogP contribution is -2.08. The van der Waals surface area contributed by atoms with E-state index in [0.29, 0.717) is 43.3 Å². The zero-order valence-electron chi connectivity index (χ0n) is 19.5. The topological polar surface area (TPSA) is 81.8 Å². The molecule has 0 amide bonds. The summed E-state index contributed by atoms with van der Waals surface area (Å²) in [4.78, 5) is 16.2. The van der Waals surface area contributed by atoms with Crippen LogP contribution < -0.4 is 0 Å². The van der Waals surface area contributed by atoms with Crippen LogP contribution in [0.25, 0.3) is 22.2 Å². The highest BCUT2D eigenvalue weighted by Gasteiger charge is 2.15. The van der Waals surface area contributed by atoms with E-state index in [1.165, 1.54) is 5.39 Å². The number of carbonyl (C=O) groups is 1. The smallest absolute Gasteiger partial charge is 0.336 e. The van der Waals surface area contributed by atoms with Crippen molar-refractivity contribution >= 4 is 16.7 Å². The van der Waals surface area contributed by atoms with Crippen molar-refractivity contribution in [1.29, 1.82) is 0 Å². The van der Waals surface area contributed by atoms with Crippen LogP contribution in [0.3, 0.4) is 0 Å². The molecule has 0 saturated carbocycles. The molecule has 0 spiro atoms. The summed E-state index contributed by atoms with van der Waals surface area (Å²) < 4.78 is 17.5. The molecular formula is C28H29NO5. The number of carboxylic acid groups (broad SMARTS) is 1. The molecule has 0 fully saturated rings. The fourth-order valence-electron chi connectivity index (χ4n) is 3.99. The van der Waals surface area contributed by atoms with Crippen molar-refractivity contribution in [2.24, 2.45) is 0 Å². The summed E-state index contributed by atoms with van der Waals surface area (Å²) in [5.74, 6) is 0.513. The summed E-state index contributed by atoms with van der Waals surface area (Å²) >= 11 is 0. The maximum absolute atomic E-state index is 11.5. The van der Waals surface area contributed by atoms with Crippen LogP contribution in [0.15, 0.2) is 65.1 Å². The lowest BCUT2D eigenvalue weighted by Gasteiger charge is -2.10. The van der Waals surface area contributed by atoms with Gasteiger partial charge in [-0.25, -0.2) is 9.78 Å². The van der Waals surface area contributed by atoms with Crippen LogP contribution in [-0.4, -0.2) is 29.3 Å². The summed E-state index contributed by atoms with van der Waals surface area (Å²) in [6.07, 6.45) is 1.44. The van der Waals surface area contributed by atoms with Crippen molar-refractivity contribution in [2.45, 2.75) is 39.9 Å². The van der Waals surface area contributed by atoms with Crippen LogP contribution in [0.2, 0.25) is 0 Å². The number of fused-ring (bicyclic) bond motifs is 1. The zero-order valence-corrected chi connectivity index (χ0v) is 19.5. The Morgan fingerprint density at radius 1 is 0.971 bits per heavy atom. The number of carboxylic acids is 1. The Kier molecular flexibility index (Phi) is 7.72. The number of aromatic carboxylic acids is 1. The first-order valence-electron chi connectivity index (χ1n) is 11.5. The van der Waals surface area contributed by atoms with Gasteiger partial charge >= 0.3 is 5.97 Å². The minimum Gasteiger partial charge on any atom is -0.478 e. The molecule has 176 valence electrons. The van der Waals surface area contributed by atoms with Gasteiger partial charge < -0.3 is 19.0 Å². The number of aryl methyl sites for hydroxylation is 2. The second kappa shape index (κ2) is 11.1. The third-order valence-corrected chi connectivity index (χ3v) is 5.74. The Morgan fingerprint density at radius 2 is 1.74 bits per heavy atom. The van der Waals surface area contributed by atoms with Gasteiger partial charge in [0, 0.05) is 25.2 Å². The summed E-state index contributed by atoms with van der Waals surface area (Å²) in [5.41, 5.74) is 3.51. The largest absolute Gasteiger partial charge is 0.478 e. The van der Waals surface area contributed by atoms with Crippen LogP contribution in [0.5, 0.6) is 0 Å². The van der Waals surface area contributed by atoms with Gasteiger partial charge in [0.15, 0.2) is 0 Å². The van der Waals surface area contributed by atoms with Gasteiger partial charge in [0.2, 0.25) is 5.89 Å². The fraction of sp³-hybridized carbons (Fsp3) is 0.286. The van der Waals surface area contributed by atoms with E-state index in [0.717, 1.165) is 34.4 Å². The molecule has 0 aliphatic carbocycles. The van der Waals surface area contributed by atoms with E-state index < -0.39 is 5.97 Å². The van der Waals surface area contributed by atoms with Gasteiger partial charge in [-0.15, -0.1) is 0 Å². The average molecular weight is 460 g/mol. The van der Waals surface area contributed by atoms with Crippen molar-refractivity contribution in [3.8, 4) is 11.5 Å². The number of benzene rings is 3. The van der Waals surface area contributed by atoms with E-state index >= 15 is 0 Å². The first-order valence-corrected chi connectivity index (χ1v) is 11.5. The summed E-state index contributed by atoms with van der Waals surface area (Å²) in [6, 6.07) is 19.8. The van der Waals surface area contributed by atoms with Crippen molar-refractivity contribution in [1.82, 2.24) is 4.98 Å². The molecule has 0 unspecified atom stereocenters. The molecule has 4 rings (SSSR count). The normalized spacial score (nSPS) is 11.2. The maximum atomic E-state index is 11.5. The first-order chi connectivity index (χ1) is 16.6. The molecule has 0 radical (unpaired) electrons. The highest BCUT2D eigenvalue weighted by atomic mass is 16.5. The number of hydrogen-bond acceptors (Lipinski definition) is 5. The molecule has 1 heterocycles. The van der Waals surface area contributed by atoms with Crippen molar-refractivity contribution in [3.63, 3.8) is 0 Å². The van der Waals surface area contributed by atoms with Crippen LogP contribution in [-0.2, 0) is 29.1 Å². The van der Waals surface area contributed by atoms with Crippen LogP contribution >= 0.6 is 0 Å². The highest BCUT2D eigenvalue weighted by Crippen LogP contribution is 2.26. The summed E-state index contributed by atoms with van der Waals surface area (Å²) in [5, 5.41) is 11.7. The lowest BCUT2D eigenvalue weighted by molar-refractivity contribution is 0.0639. The molecule has 0 bridgehead atoms. The summed E-state index contributed by atoms with van der Waals surface area (Å²) in [6.45, 7) is 5.47. The molecule has 4 aromatic rings. The maximum Gasteiger partial charge on any atom is 0.336 e. The molecule has 34 heavy (non-hydrogen) atoms. The molecule has 0 saturated heterocycles. The Bertz CT molecular complexity index is 1280. The predicted octanol–water partition coefficient (Wildman–Crippen LogP) is 6.19. The molecule has 0 atom stereocenters. The highest BCUT2D eigenvalue weighted by molar-refractivity contribution is 5.91. The molecular weight excluding hydrogens is 430 g/mol. The zero-order chi connectivity index (χ0) is 23.9. The quantitative estimate of drug-likeness (QED) is 0.269. The minimum atomic E-state index is -0.928. The van der Waals surface area contributed by atoms with Gasteiger partial charge in [0.1, 0.15) is 11.5 Å². The van der Waals surface area contributed by atoms with Crippen LogP contribution in [0.1, 0.15) is 46.3 Å². The molecule has 6 nitrogen and oxygen atoms in total. The molecule has 1 N–H and O–H groups in total. The monoisotopic (exact) mass is 459 g/mol. The Morgan fingerprint density at radius 3 is 2.50 bits per heavy atom. The second-order valence-electron chi connectivity index (χ2n) is 8.18. The standard InChI is InChI=1S/C28H29NO5/c1-3-25-24(29-27(34-25)22-13-12-20-9-4-5-10-21(20)16-22)18-33-15-7-14-32-17-23-11-6-8-19(2)26(23)28(30)31/h4-6,8-13,16H,3,7,14-15,17-18H2,1-2H3,(H,30,31). The van der Waals surface area contributed by atoms with Crippen molar-refractivity contribution < 1.29 is 23.8 Å². The Hall–Kier alpha value is -3.48. The predicted molar refractivity (Wildman–Crippen MR) is 131 cm³/mol. The lowest BCUT2D eigenvalue weighted by atomic mass is 10.0. The van der Waals surface area contributed by atoms with Gasteiger partial charge in [0.25, 0.3) is 0 Å². The van der Waals surface area contributed by atoms with E-state index in [4.69, 9.17) is 13.9 Å². The Balaban J connectivity index is 1.27. The minimum absolute atomic E-state index is 0.266. The number of aromatic nitrogens is 1. The van der Waals surface area contributed by atoms with Gasteiger partial charge in [-0.2, -0.15) is 0 Å². The third kappa shape index (κ3) is 5.53. The molecule has 0 aliphatic heterocycles. The third-order valence-electron chi connectivity index (χ3n) is 5.74. The van der Waals surface area contributed by atoms with Gasteiger partial charge in [0.05, 0.1) is 18.8 Å². The molecule has 1 aromatic heterocycles. The molecule has 0 aliphatic rings. The van der Waals surface area contributed by atoms with E-state index in [1.54, 1.807) is 19.1 Å². The molecule has 6 heteroatoms. The van der Waals surface area contributed by atoms with Gasteiger partial charge in [-0.3, -0.25) is 0 Å². The number of hydrogen-bond donors (Lipinski definition) is 1. The summed E-state index contributed by atoms with van der Waals surface area (Å²) in [7, 11) is 0. The average Bonchev–Trinajstić information content (AvgIpc) is 3.26. The van der Waals surface area contributed by atoms with Crippen LogP contribution in [0.4, 0.5) is 0 Å².